The molecule has 0 aliphatic heterocycles. The van der Waals surface area contributed by atoms with Gasteiger partial charge in [-0.2, -0.15) is 5.10 Å². The van der Waals surface area contributed by atoms with E-state index >= 15 is 0 Å². The molecule has 0 bridgehead atoms. The van der Waals surface area contributed by atoms with Crippen LogP contribution in [0.25, 0.3) is 0 Å². The fourth-order valence-electron chi connectivity index (χ4n) is 2.40. The van der Waals surface area contributed by atoms with Crippen molar-refractivity contribution in [2.75, 3.05) is 5.43 Å². The molecule has 0 saturated carbocycles. The number of ether oxygens (including phenoxy) is 1. The molecule has 0 aliphatic carbocycles. The van der Waals surface area contributed by atoms with Crippen LogP contribution in [-0.4, -0.2) is 16.2 Å². The summed E-state index contributed by atoms with van der Waals surface area (Å²) >= 11 is 0. The number of aryl methyl sites for hydroxylation is 1. The standard InChI is InChI=1S/C20H20N4O2/c1-2-7-16-13-19(25)23-20(22-16)24-21-14-15-8-6-11-18(12-15)26-17-9-4-3-5-10-17/h3-6,8-14H,2,7H2,1H3,(H2,22,23,24,25)/b21-14+. The lowest BCUT2D eigenvalue weighted by Gasteiger charge is -2.06. The Balaban J connectivity index is 1.67. The van der Waals surface area contributed by atoms with Gasteiger partial charge in [0, 0.05) is 11.8 Å². The molecule has 0 aliphatic rings. The molecule has 0 unspecified atom stereocenters. The Morgan fingerprint density at radius 3 is 2.73 bits per heavy atom. The average molecular weight is 348 g/mol. The molecule has 1 heterocycles. The summed E-state index contributed by atoms with van der Waals surface area (Å²) in [5, 5.41) is 4.14. The molecular formula is C20H20N4O2. The van der Waals surface area contributed by atoms with E-state index in [1.807, 2.05) is 61.5 Å². The zero-order chi connectivity index (χ0) is 18.2. The maximum Gasteiger partial charge on any atom is 0.252 e. The van der Waals surface area contributed by atoms with Crippen LogP contribution in [-0.2, 0) is 6.42 Å². The third-order valence-electron chi connectivity index (χ3n) is 3.52. The Bertz CT molecular complexity index is 936. The second kappa shape index (κ2) is 8.62. The fourth-order valence-corrected chi connectivity index (χ4v) is 2.40. The number of benzene rings is 2. The highest BCUT2D eigenvalue weighted by Crippen LogP contribution is 2.21. The summed E-state index contributed by atoms with van der Waals surface area (Å²) < 4.78 is 5.80. The van der Waals surface area contributed by atoms with E-state index in [9.17, 15) is 4.79 Å². The Morgan fingerprint density at radius 1 is 1.12 bits per heavy atom. The van der Waals surface area contributed by atoms with Crippen LogP contribution in [0.15, 0.2) is 70.6 Å². The zero-order valence-corrected chi connectivity index (χ0v) is 14.5. The second-order valence-corrected chi connectivity index (χ2v) is 5.69. The lowest BCUT2D eigenvalue weighted by molar-refractivity contribution is 0.482. The van der Waals surface area contributed by atoms with Crippen molar-refractivity contribution in [3.05, 3.63) is 82.3 Å². The van der Waals surface area contributed by atoms with Crippen molar-refractivity contribution in [1.82, 2.24) is 9.97 Å². The highest BCUT2D eigenvalue weighted by atomic mass is 16.5. The molecule has 6 nitrogen and oxygen atoms in total. The van der Waals surface area contributed by atoms with Gasteiger partial charge in [-0.25, -0.2) is 10.4 Å². The number of nitrogens with zero attached hydrogens (tertiary/aromatic N) is 2. The maximum absolute atomic E-state index is 11.6. The van der Waals surface area contributed by atoms with E-state index in [1.54, 1.807) is 6.21 Å². The van der Waals surface area contributed by atoms with E-state index in [2.05, 4.69) is 20.5 Å². The smallest absolute Gasteiger partial charge is 0.252 e. The van der Waals surface area contributed by atoms with Gasteiger partial charge in [-0.05, 0) is 36.2 Å². The minimum Gasteiger partial charge on any atom is -0.457 e. The highest BCUT2D eigenvalue weighted by molar-refractivity contribution is 5.80. The van der Waals surface area contributed by atoms with Gasteiger partial charge in [0.1, 0.15) is 11.5 Å². The van der Waals surface area contributed by atoms with Crippen molar-refractivity contribution < 1.29 is 4.74 Å². The molecule has 26 heavy (non-hydrogen) atoms. The lowest BCUT2D eigenvalue weighted by atomic mass is 10.2. The third kappa shape index (κ3) is 5.04. The van der Waals surface area contributed by atoms with Crippen molar-refractivity contribution in [2.45, 2.75) is 19.8 Å². The number of H-pyrrole nitrogens is 1. The molecule has 0 spiro atoms. The number of hydrogen-bond acceptors (Lipinski definition) is 5. The fraction of sp³-hybridized carbons (Fsp3) is 0.150. The average Bonchev–Trinajstić information content (AvgIpc) is 2.63. The number of hydrazone groups is 1. The summed E-state index contributed by atoms with van der Waals surface area (Å²) in [6, 6.07) is 18.6. The largest absolute Gasteiger partial charge is 0.457 e. The van der Waals surface area contributed by atoms with Gasteiger partial charge in [-0.15, -0.1) is 0 Å². The monoisotopic (exact) mass is 348 g/mol. The van der Waals surface area contributed by atoms with Gasteiger partial charge < -0.3 is 4.74 Å². The van der Waals surface area contributed by atoms with Gasteiger partial charge in [0.2, 0.25) is 5.95 Å². The predicted molar refractivity (Wildman–Crippen MR) is 103 cm³/mol. The summed E-state index contributed by atoms with van der Waals surface area (Å²) in [5.41, 5.74) is 4.17. The molecule has 0 saturated heterocycles. The molecular weight excluding hydrogens is 328 g/mol. The minimum absolute atomic E-state index is 0.195. The van der Waals surface area contributed by atoms with Crippen molar-refractivity contribution in [3.8, 4) is 11.5 Å². The number of hydrogen-bond donors (Lipinski definition) is 2. The van der Waals surface area contributed by atoms with Crippen molar-refractivity contribution in [3.63, 3.8) is 0 Å². The minimum atomic E-state index is -0.195. The van der Waals surface area contributed by atoms with Crippen LogP contribution >= 0.6 is 0 Å². The second-order valence-electron chi connectivity index (χ2n) is 5.69. The number of aromatic nitrogens is 2. The molecule has 3 aromatic rings. The molecule has 2 aromatic carbocycles. The van der Waals surface area contributed by atoms with Gasteiger partial charge in [0.05, 0.1) is 6.21 Å². The van der Waals surface area contributed by atoms with Gasteiger partial charge in [-0.3, -0.25) is 9.78 Å². The van der Waals surface area contributed by atoms with E-state index < -0.39 is 0 Å². The van der Waals surface area contributed by atoms with Crippen LogP contribution in [0.4, 0.5) is 5.95 Å². The normalized spacial score (nSPS) is 10.8. The topological polar surface area (TPSA) is 79.4 Å². The van der Waals surface area contributed by atoms with Crippen LogP contribution in [0.3, 0.4) is 0 Å². The quantitative estimate of drug-likeness (QED) is 0.500. The first kappa shape index (κ1) is 17.4. The number of para-hydroxylation sites is 1. The zero-order valence-electron chi connectivity index (χ0n) is 14.5. The first-order valence-electron chi connectivity index (χ1n) is 8.45. The van der Waals surface area contributed by atoms with Crippen LogP contribution in [0, 0.1) is 0 Å². The number of rotatable bonds is 7. The third-order valence-corrected chi connectivity index (χ3v) is 3.52. The Hall–Kier alpha value is -3.41. The molecule has 0 radical (unpaired) electrons. The number of anilines is 1. The van der Waals surface area contributed by atoms with Gasteiger partial charge in [0.25, 0.3) is 5.56 Å². The number of nitrogens with one attached hydrogen (secondary N) is 2. The van der Waals surface area contributed by atoms with E-state index in [0.717, 1.165) is 35.6 Å². The van der Waals surface area contributed by atoms with E-state index in [0.29, 0.717) is 5.95 Å². The maximum atomic E-state index is 11.6. The molecule has 0 amide bonds. The van der Waals surface area contributed by atoms with Crippen molar-refractivity contribution in [1.29, 1.82) is 0 Å². The molecule has 2 N–H and O–H groups in total. The molecule has 6 heteroatoms. The van der Waals surface area contributed by atoms with Gasteiger partial charge >= 0.3 is 0 Å². The Morgan fingerprint density at radius 2 is 1.92 bits per heavy atom. The van der Waals surface area contributed by atoms with Crippen LogP contribution in [0.2, 0.25) is 0 Å². The molecule has 1 aromatic heterocycles. The van der Waals surface area contributed by atoms with Crippen LogP contribution in [0.5, 0.6) is 11.5 Å². The Labute approximate surface area is 151 Å². The molecule has 132 valence electrons. The highest BCUT2D eigenvalue weighted by Gasteiger charge is 2.00. The summed E-state index contributed by atoms with van der Waals surface area (Å²) in [7, 11) is 0. The van der Waals surface area contributed by atoms with Crippen molar-refractivity contribution >= 4 is 12.2 Å². The van der Waals surface area contributed by atoms with E-state index in [-0.39, 0.29) is 5.56 Å². The summed E-state index contributed by atoms with van der Waals surface area (Å²) in [4.78, 5) is 18.6. The van der Waals surface area contributed by atoms with Gasteiger partial charge in [-0.1, -0.05) is 43.7 Å². The van der Waals surface area contributed by atoms with Crippen molar-refractivity contribution in [2.24, 2.45) is 5.10 Å². The summed E-state index contributed by atoms with van der Waals surface area (Å²) in [6.45, 7) is 2.04. The molecule has 3 rings (SSSR count). The summed E-state index contributed by atoms with van der Waals surface area (Å²) in [5.74, 6) is 1.82. The first-order valence-corrected chi connectivity index (χ1v) is 8.45. The van der Waals surface area contributed by atoms with E-state index in [1.165, 1.54) is 6.07 Å². The molecule has 0 fully saturated rings. The lowest BCUT2D eigenvalue weighted by Crippen LogP contribution is -2.11. The van der Waals surface area contributed by atoms with E-state index in [4.69, 9.17) is 4.74 Å². The van der Waals surface area contributed by atoms with Gasteiger partial charge in [0.15, 0.2) is 0 Å². The number of aromatic amines is 1. The first-order chi connectivity index (χ1) is 12.7. The Kier molecular flexibility index (Phi) is 5.77. The predicted octanol–water partition coefficient (Wildman–Crippen LogP) is 3.96. The van der Waals surface area contributed by atoms with Crippen LogP contribution in [0.1, 0.15) is 24.6 Å². The molecule has 0 atom stereocenters. The van der Waals surface area contributed by atoms with Crippen LogP contribution < -0.4 is 15.7 Å². The SMILES string of the molecule is CCCc1cc(=O)[nH]c(N/N=C/c2cccc(Oc3ccccc3)c2)n1. The summed E-state index contributed by atoms with van der Waals surface area (Å²) in [6.07, 6.45) is 3.32.